The fourth-order valence-corrected chi connectivity index (χ4v) is 3.16. The summed E-state index contributed by atoms with van der Waals surface area (Å²) in [6.07, 6.45) is -6.71. The first kappa shape index (κ1) is 14.0. The van der Waals surface area contributed by atoms with Crippen LogP contribution in [0.4, 0.5) is 8.78 Å². The molecule has 0 aromatic rings. The van der Waals surface area contributed by atoms with Gasteiger partial charge in [0.05, 0.1) is 6.10 Å². The van der Waals surface area contributed by atoms with E-state index in [9.17, 15) is 19.0 Å². The van der Waals surface area contributed by atoms with Crippen LogP contribution in [0, 0.1) is 0 Å². The molecule has 104 valence electrons. The van der Waals surface area contributed by atoms with Gasteiger partial charge in [0.15, 0.2) is 5.17 Å². The molecule has 0 spiro atoms. The minimum Gasteiger partial charge on any atom is -0.388 e. The van der Waals surface area contributed by atoms with Gasteiger partial charge in [-0.15, -0.1) is 0 Å². The minimum absolute atomic E-state index is 0.510. The van der Waals surface area contributed by atoms with E-state index in [1.807, 2.05) is 0 Å². The van der Waals surface area contributed by atoms with Gasteiger partial charge in [-0.05, 0) is 0 Å². The van der Waals surface area contributed by atoms with E-state index < -0.39 is 42.6 Å². The smallest absolute Gasteiger partial charge is 0.241 e. The number of thioether (sulfide) groups is 1. The molecule has 2 aliphatic heterocycles. The normalized spacial score (nSPS) is 39.7. The summed E-state index contributed by atoms with van der Waals surface area (Å²) in [6, 6.07) is -0.601. The summed E-state index contributed by atoms with van der Waals surface area (Å²) in [4.78, 5) is 6.00. The summed E-state index contributed by atoms with van der Waals surface area (Å²) in [5.74, 6) is 0. The number of aliphatic imine (C=N–C) groups is 1. The lowest BCUT2D eigenvalue weighted by molar-refractivity contribution is -0.163. The molecule has 0 aliphatic carbocycles. The van der Waals surface area contributed by atoms with E-state index in [4.69, 9.17) is 4.74 Å². The van der Waals surface area contributed by atoms with Crippen LogP contribution in [0.1, 0.15) is 6.42 Å². The Morgan fingerprint density at radius 1 is 1.39 bits per heavy atom. The Bertz CT molecular complexity index is 343. The first-order valence-electron chi connectivity index (χ1n) is 5.61. The van der Waals surface area contributed by atoms with Crippen LogP contribution < -0.4 is 0 Å². The van der Waals surface area contributed by atoms with Crippen LogP contribution in [-0.2, 0) is 4.74 Å². The maximum atomic E-state index is 12.4. The van der Waals surface area contributed by atoms with Gasteiger partial charge in [-0.1, -0.05) is 11.8 Å². The average Bonchev–Trinajstić information content (AvgIpc) is 2.69. The summed E-state index contributed by atoms with van der Waals surface area (Å²) < 4.78 is 30.1. The molecule has 2 N–H and O–H groups in total. The lowest BCUT2D eigenvalue weighted by atomic mass is 9.96. The predicted molar refractivity (Wildman–Crippen MR) is 63.8 cm³/mol. The number of halogens is 2. The number of hydrogen-bond acceptors (Lipinski definition) is 6. The van der Waals surface area contributed by atoms with Gasteiger partial charge in [0.1, 0.15) is 23.7 Å². The number of hydrogen-bond donors (Lipinski definition) is 2. The Hall–Kier alpha value is -0.440. The lowest BCUT2D eigenvalue weighted by Gasteiger charge is -2.38. The van der Waals surface area contributed by atoms with Crippen molar-refractivity contribution in [1.29, 1.82) is 0 Å². The third-order valence-corrected chi connectivity index (χ3v) is 4.25. The SMILES string of the molecule is CN(C)C1=NC2C(OC(CC(F)F)C(O)C2O)S1. The van der Waals surface area contributed by atoms with E-state index in [1.54, 1.807) is 19.0 Å². The molecule has 0 bridgehead atoms. The summed E-state index contributed by atoms with van der Waals surface area (Å²) in [5, 5.41) is 20.3. The van der Waals surface area contributed by atoms with Gasteiger partial charge in [0, 0.05) is 20.5 Å². The molecule has 5 atom stereocenters. The van der Waals surface area contributed by atoms with E-state index in [0.29, 0.717) is 5.17 Å². The highest BCUT2D eigenvalue weighted by atomic mass is 32.2. The van der Waals surface area contributed by atoms with Gasteiger partial charge in [0.25, 0.3) is 0 Å². The summed E-state index contributed by atoms with van der Waals surface area (Å²) in [6.45, 7) is 0. The monoisotopic (exact) mass is 282 g/mol. The molecule has 5 nitrogen and oxygen atoms in total. The highest BCUT2D eigenvalue weighted by Gasteiger charge is 2.48. The van der Waals surface area contributed by atoms with Crippen LogP contribution in [0.15, 0.2) is 4.99 Å². The molecule has 1 saturated heterocycles. The van der Waals surface area contributed by atoms with Crippen molar-refractivity contribution in [2.45, 2.75) is 42.6 Å². The Balaban J connectivity index is 2.09. The molecule has 0 radical (unpaired) electrons. The third kappa shape index (κ3) is 2.61. The fraction of sp³-hybridized carbons (Fsp3) is 0.900. The van der Waals surface area contributed by atoms with Crippen molar-refractivity contribution in [1.82, 2.24) is 4.90 Å². The summed E-state index contributed by atoms with van der Waals surface area (Å²) in [5.41, 5.74) is -0.510. The van der Waals surface area contributed by atoms with Gasteiger partial charge in [-0.25, -0.2) is 8.78 Å². The van der Waals surface area contributed by atoms with E-state index >= 15 is 0 Å². The molecule has 0 amide bonds. The predicted octanol–water partition coefficient (Wildman–Crippen LogP) is 0.121. The molecule has 18 heavy (non-hydrogen) atoms. The van der Waals surface area contributed by atoms with Crippen molar-refractivity contribution < 1.29 is 23.7 Å². The van der Waals surface area contributed by atoms with Crippen LogP contribution in [-0.4, -0.2) is 70.6 Å². The summed E-state index contributed by atoms with van der Waals surface area (Å²) in [7, 11) is 3.59. The maximum Gasteiger partial charge on any atom is 0.241 e. The second-order valence-corrected chi connectivity index (χ2v) is 5.63. The zero-order valence-electron chi connectivity index (χ0n) is 10.0. The van der Waals surface area contributed by atoms with Crippen LogP contribution in [0.3, 0.4) is 0 Å². The van der Waals surface area contributed by atoms with Crippen LogP contribution in [0.25, 0.3) is 0 Å². The van der Waals surface area contributed by atoms with Crippen molar-refractivity contribution >= 4 is 16.9 Å². The minimum atomic E-state index is -2.57. The largest absolute Gasteiger partial charge is 0.388 e. The highest BCUT2D eigenvalue weighted by molar-refractivity contribution is 8.14. The Kier molecular flexibility index (Phi) is 4.10. The first-order chi connectivity index (χ1) is 8.40. The summed E-state index contributed by atoms with van der Waals surface area (Å²) >= 11 is 1.28. The topological polar surface area (TPSA) is 65.3 Å². The molecule has 0 saturated carbocycles. The third-order valence-electron chi connectivity index (χ3n) is 2.94. The highest BCUT2D eigenvalue weighted by Crippen LogP contribution is 2.38. The molecule has 8 heteroatoms. The Labute approximate surface area is 108 Å². The van der Waals surface area contributed by atoms with Crippen LogP contribution >= 0.6 is 11.8 Å². The molecule has 0 aromatic heterocycles. The number of nitrogens with zero attached hydrogens (tertiary/aromatic N) is 2. The molecular weight excluding hydrogens is 266 g/mol. The lowest BCUT2D eigenvalue weighted by Crippen LogP contribution is -2.55. The number of aliphatic hydroxyl groups excluding tert-OH is 2. The van der Waals surface area contributed by atoms with Gasteiger partial charge in [-0.3, -0.25) is 4.99 Å². The second-order valence-electron chi connectivity index (χ2n) is 4.57. The molecular formula is C10H16F2N2O3S. The second kappa shape index (κ2) is 5.28. The first-order valence-corrected chi connectivity index (χ1v) is 6.49. The fourth-order valence-electron chi connectivity index (χ4n) is 2.00. The van der Waals surface area contributed by atoms with E-state index in [2.05, 4.69) is 4.99 Å². The molecule has 2 aliphatic rings. The quantitative estimate of drug-likeness (QED) is 0.753. The van der Waals surface area contributed by atoms with Gasteiger partial charge >= 0.3 is 0 Å². The maximum absolute atomic E-state index is 12.4. The molecule has 1 fully saturated rings. The Morgan fingerprint density at radius 3 is 2.61 bits per heavy atom. The van der Waals surface area contributed by atoms with Crippen LogP contribution in [0.2, 0.25) is 0 Å². The molecule has 0 aromatic carbocycles. The zero-order valence-corrected chi connectivity index (χ0v) is 10.8. The number of rotatable bonds is 2. The van der Waals surface area contributed by atoms with Gasteiger partial charge < -0.3 is 19.8 Å². The van der Waals surface area contributed by atoms with Crippen molar-refractivity contribution in [2.75, 3.05) is 14.1 Å². The van der Waals surface area contributed by atoms with Crippen molar-refractivity contribution in [3.8, 4) is 0 Å². The molecule has 5 unspecified atom stereocenters. The number of amidine groups is 1. The van der Waals surface area contributed by atoms with Gasteiger partial charge in [0.2, 0.25) is 6.43 Å². The molecule has 2 rings (SSSR count). The number of ether oxygens (including phenoxy) is 1. The average molecular weight is 282 g/mol. The van der Waals surface area contributed by atoms with Crippen LogP contribution in [0.5, 0.6) is 0 Å². The number of fused-ring (bicyclic) bond motifs is 1. The van der Waals surface area contributed by atoms with E-state index in [1.165, 1.54) is 11.8 Å². The van der Waals surface area contributed by atoms with E-state index in [-0.39, 0.29) is 0 Å². The standard InChI is InChI=1S/C10H16F2N2O3S/c1-14(2)10-13-6-8(16)7(15)4(3-5(11)12)17-9(6)18-10/h4-9,15-16H,3H2,1-2H3. The van der Waals surface area contributed by atoms with Crippen molar-refractivity contribution in [2.24, 2.45) is 4.99 Å². The number of alkyl halides is 2. The number of aliphatic hydroxyl groups is 2. The Morgan fingerprint density at radius 2 is 2.06 bits per heavy atom. The van der Waals surface area contributed by atoms with E-state index in [0.717, 1.165) is 0 Å². The zero-order chi connectivity index (χ0) is 13.4. The molecule has 2 heterocycles. The van der Waals surface area contributed by atoms with Gasteiger partial charge in [-0.2, -0.15) is 0 Å². The van der Waals surface area contributed by atoms with Crippen molar-refractivity contribution in [3.63, 3.8) is 0 Å². The van der Waals surface area contributed by atoms with Crippen molar-refractivity contribution in [3.05, 3.63) is 0 Å².